The fraction of sp³-hybridized carbons (Fsp3) is 0.0435. The maximum atomic E-state index is 12.4. The van der Waals surface area contributed by atoms with E-state index in [1.165, 1.54) is 6.20 Å². The standard InChI is InChI=1S/C23H16N4O/c28-23-14-26-21-7-9-25-13-22(21)27(23)15-16-2-1-3-18(10-16)19-5-4-17-6-8-24-12-20(17)11-19/h1-14H,15H2. The molecule has 28 heavy (non-hydrogen) atoms. The van der Waals surface area contributed by atoms with Crippen LogP contribution in [0.4, 0.5) is 0 Å². The molecule has 0 saturated heterocycles. The smallest absolute Gasteiger partial charge is 0.269 e. The number of nitrogens with zero attached hydrogens (tertiary/aromatic N) is 4. The molecule has 134 valence electrons. The molecule has 0 N–H and O–H groups in total. The first-order valence-corrected chi connectivity index (χ1v) is 9.01. The van der Waals surface area contributed by atoms with E-state index in [0.717, 1.165) is 38.5 Å². The summed E-state index contributed by atoms with van der Waals surface area (Å²) in [5.41, 5.74) is 4.62. The molecule has 0 saturated carbocycles. The number of hydrogen-bond donors (Lipinski definition) is 0. The molecular weight excluding hydrogens is 348 g/mol. The summed E-state index contributed by atoms with van der Waals surface area (Å²) in [5.74, 6) is 0. The maximum Gasteiger partial charge on any atom is 0.269 e. The Hall–Kier alpha value is -3.86. The molecule has 0 aliphatic carbocycles. The Morgan fingerprint density at radius 2 is 1.64 bits per heavy atom. The van der Waals surface area contributed by atoms with Crippen molar-refractivity contribution in [3.05, 3.63) is 101 Å². The van der Waals surface area contributed by atoms with Crippen molar-refractivity contribution in [2.45, 2.75) is 6.54 Å². The lowest BCUT2D eigenvalue weighted by Crippen LogP contribution is -2.21. The van der Waals surface area contributed by atoms with Crippen LogP contribution in [0.5, 0.6) is 0 Å². The summed E-state index contributed by atoms with van der Waals surface area (Å²) < 4.78 is 1.71. The Balaban J connectivity index is 1.56. The van der Waals surface area contributed by atoms with Gasteiger partial charge in [0, 0.05) is 24.0 Å². The van der Waals surface area contributed by atoms with E-state index in [1.807, 2.05) is 30.5 Å². The van der Waals surface area contributed by atoms with Crippen molar-refractivity contribution in [3.63, 3.8) is 0 Å². The van der Waals surface area contributed by atoms with E-state index in [2.05, 4.69) is 45.3 Å². The van der Waals surface area contributed by atoms with Gasteiger partial charge in [-0.2, -0.15) is 0 Å². The lowest BCUT2D eigenvalue weighted by Gasteiger charge is -2.11. The van der Waals surface area contributed by atoms with Crippen molar-refractivity contribution in [1.29, 1.82) is 0 Å². The SMILES string of the molecule is O=c1cnc2ccncc2n1Cc1cccc(-c2ccc3ccncc3c2)c1. The molecule has 0 atom stereocenters. The number of hydrogen-bond acceptors (Lipinski definition) is 4. The molecule has 0 aliphatic rings. The van der Waals surface area contributed by atoms with Gasteiger partial charge in [0.2, 0.25) is 0 Å². The molecule has 0 spiro atoms. The normalized spacial score (nSPS) is 11.1. The minimum Gasteiger partial charge on any atom is -0.300 e. The highest BCUT2D eigenvalue weighted by Gasteiger charge is 2.07. The second kappa shape index (κ2) is 6.70. The van der Waals surface area contributed by atoms with Crippen molar-refractivity contribution < 1.29 is 0 Å². The predicted octanol–water partition coefficient (Wildman–Crippen LogP) is 4.06. The van der Waals surface area contributed by atoms with Crippen LogP contribution in [0.25, 0.3) is 32.9 Å². The molecule has 5 nitrogen and oxygen atoms in total. The van der Waals surface area contributed by atoms with Gasteiger partial charge in [0.05, 0.1) is 30.0 Å². The topological polar surface area (TPSA) is 60.7 Å². The van der Waals surface area contributed by atoms with Crippen molar-refractivity contribution >= 4 is 21.8 Å². The predicted molar refractivity (Wildman–Crippen MR) is 110 cm³/mol. The first-order valence-electron chi connectivity index (χ1n) is 9.01. The van der Waals surface area contributed by atoms with Gasteiger partial charge in [-0.3, -0.25) is 19.3 Å². The molecule has 0 bridgehead atoms. The van der Waals surface area contributed by atoms with Gasteiger partial charge in [-0.15, -0.1) is 0 Å². The summed E-state index contributed by atoms with van der Waals surface area (Å²) >= 11 is 0. The monoisotopic (exact) mass is 364 g/mol. The summed E-state index contributed by atoms with van der Waals surface area (Å²) in [6.07, 6.45) is 8.40. The Morgan fingerprint density at radius 1 is 0.786 bits per heavy atom. The molecule has 0 radical (unpaired) electrons. The van der Waals surface area contributed by atoms with Crippen LogP contribution in [-0.2, 0) is 6.54 Å². The first-order chi connectivity index (χ1) is 13.8. The Morgan fingerprint density at radius 3 is 2.61 bits per heavy atom. The lowest BCUT2D eigenvalue weighted by molar-refractivity contribution is 0.785. The fourth-order valence-electron chi connectivity index (χ4n) is 3.47. The fourth-order valence-corrected chi connectivity index (χ4v) is 3.47. The lowest BCUT2D eigenvalue weighted by atomic mass is 10.0. The van der Waals surface area contributed by atoms with Gasteiger partial charge < -0.3 is 0 Å². The van der Waals surface area contributed by atoms with Gasteiger partial charge in [-0.05, 0) is 46.3 Å². The molecule has 0 fully saturated rings. The zero-order valence-electron chi connectivity index (χ0n) is 15.0. The summed E-state index contributed by atoms with van der Waals surface area (Å²) in [7, 11) is 0. The molecule has 0 unspecified atom stereocenters. The number of rotatable bonds is 3. The Labute approximate surface area is 161 Å². The number of fused-ring (bicyclic) bond motifs is 2. The van der Waals surface area contributed by atoms with Crippen LogP contribution in [0.3, 0.4) is 0 Å². The zero-order valence-corrected chi connectivity index (χ0v) is 15.0. The third kappa shape index (κ3) is 2.93. The van der Waals surface area contributed by atoms with E-state index in [1.54, 1.807) is 23.2 Å². The van der Waals surface area contributed by atoms with E-state index >= 15 is 0 Å². The van der Waals surface area contributed by atoms with Crippen molar-refractivity contribution in [2.75, 3.05) is 0 Å². The summed E-state index contributed by atoms with van der Waals surface area (Å²) in [5, 5.41) is 2.27. The minimum atomic E-state index is -0.136. The second-order valence-corrected chi connectivity index (χ2v) is 6.68. The number of aromatic nitrogens is 4. The van der Waals surface area contributed by atoms with Crippen molar-refractivity contribution in [3.8, 4) is 11.1 Å². The van der Waals surface area contributed by atoms with Crippen molar-refractivity contribution in [1.82, 2.24) is 19.5 Å². The number of pyridine rings is 2. The summed E-state index contributed by atoms with van der Waals surface area (Å²) in [4.78, 5) is 25.0. The van der Waals surface area contributed by atoms with Gasteiger partial charge in [0.1, 0.15) is 0 Å². The van der Waals surface area contributed by atoms with Gasteiger partial charge in [-0.25, -0.2) is 4.98 Å². The maximum absolute atomic E-state index is 12.4. The quantitative estimate of drug-likeness (QED) is 0.484. The van der Waals surface area contributed by atoms with Crippen LogP contribution < -0.4 is 5.56 Å². The van der Waals surface area contributed by atoms with Crippen molar-refractivity contribution in [2.24, 2.45) is 0 Å². The molecule has 2 aromatic carbocycles. The summed E-state index contributed by atoms with van der Waals surface area (Å²) in [6.45, 7) is 0.465. The molecule has 0 amide bonds. The molecule has 5 aromatic rings. The van der Waals surface area contributed by atoms with E-state index < -0.39 is 0 Å². The minimum absolute atomic E-state index is 0.136. The third-order valence-electron chi connectivity index (χ3n) is 4.89. The van der Waals surface area contributed by atoms with E-state index in [0.29, 0.717) is 6.54 Å². The average molecular weight is 364 g/mol. The largest absolute Gasteiger partial charge is 0.300 e. The third-order valence-corrected chi connectivity index (χ3v) is 4.89. The van der Waals surface area contributed by atoms with Crippen LogP contribution >= 0.6 is 0 Å². The zero-order chi connectivity index (χ0) is 18.9. The van der Waals surface area contributed by atoms with Gasteiger partial charge in [0.25, 0.3) is 5.56 Å². The van der Waals surface area contributed by atoms with Gasteiger partial charge in [-0.1, -0.05) is 30.3 Å². The highest BCUT2D eigenvalue weighted by molar-refractivity contribution is 5.86. The van der Waals surface area contributed by atoms with E-state index in [4.69, 9.17) is 0 Å². The first kappa shape index (κ1) is 16.3. The van der Waals surface area contributed by atoms with E-state index in [9.17, 15) is 4.79 Å². The Kier molecular flexibility index (Phi) is 3.91. The molecule has 3 heterocycles. The van der Waals surface area contributed by atoms with E-state index in [-0.39, 0.29) is 5.56 Å². The second-order valence-electron chi connectivity index (χ2n) is 6.68. The number of benzene rings is 2. The highest BCUT2D eigenvalue weighted by Crippen LogP contribution is 2.25. The highest BCUT2D eigenvalue weighted by atomic mass is 16.1. The molecule has 3 aromatic heterocycles. The molecule has 5 rings (SSSR count). The van der Waals surface area contributed by atoms with Crippen LogP contribution in [-0.4, -0.2) is 19.5 Å². The summed E-state index contributed by atoms with van der Waals surface area (Å²) in [6, 6.07) is 18.4. The Bertz CT molecular complexity index is 1370. The molecular formula is C23H16N4O. The molecule has 0 aliphatic heterocycles. The van der Waals surface area contributed by atoms with Gasteiger partial charge >= 0.3 is 0 Å². The van der Waals surface area contributed by atoms with Crippen LogP contribution in [0.2, 0.25) is 0 Å². The van der Waals surface area contributed by atoms with Gasteiger partial charge in [0.15, 0.2) is 0 Å². The van der Waals surface area contributed by atoms with Crippen LogP contribution in [0.1, 0.15) is 5.56 Å². The van der Waals surface area contributed by atoms with Crippen LogP contribution in [0.15, 0.2) is 90.4 Å². The average Bonchev–Trinajstić information content (AvgIpc) is 2.76. The molecule has 5 heteroatoms. The van der Waals surface area contributed by atoms with Crippen LogP contribution in [0, 0.1) is 0 Å².